The van der Waals surface area contributed by atoms with Gasteiger partial charge < -0.3 is 14.0 Å². The van der Waals surface area contributed by atoms with Gasteiger partial charge in [0.2, 0.25) is 0 Å². The smallest absolute Gasteiger partial charge is 0.310 e. The van der Waals surface area contributed by atoms with Crippen molar-refractivity contribution < 1.29 is 8.23 Å². The van der Waals surface area contributed by atoms with Gasteiger partial charge in [0.15, 0.2) is 17.4 Å². The minimum atomic E-state index is -1.87. The highest BCUT2D eigenvalue weighted by Gasteiger charge is 2.32. The molecule has 0 saturated carbocycles. The predicted molar refractivity (Wildman–Crippen MR) is 69.9 cm³/mol. The van der Waals surface area contributed by atoms with Crippen LogP contribution >= 0.6 is 0 Å². The molecule has 0 heterocycles. The van der Waals surface area contributed by atoms with E-state index in [2.05, 4.69) is 39.3 Å². The molecule has 86 valence electrons. The van der Waals surface area contributed by atoms with E-state index in [-0.39, 0.29) is 0 Å². The Kier molecular flexibility index (Phi) is 5.78. The normalized spacial score (nSPS) is 15.6. The lowest BCUT2D eigenvalue weighted by atomic mass is 10.8. The molecule has 0 aromatic heterocycles. The molecular weight excluding hydrogens is 226 g/mol. The molecule has 3 nitrogen and oxygen atoms in total. The molecule has 2 N–H and O–H groups in total. The van der Waals surface area contributed by atoms with Gasteiger partial charge in [0, 0.05) is 0 Å². The van der Waals surface area contributed by atoms with Crippen molar-refractivity contribution in [2.75, 3.05) is 6.54 Å². The van der Waals surface area contributed by atoms with Gasteiger partial charge in [-0.1, -0.05) is 0 Å². The van der Waals surface area contributed by atoms with Crippen molar-refractivity contribution >= 4 is 25.9 Å². The van der Waals surface area contributed by atoms with Crippen LogP contribution in [-0.2, 0) is 8.23 Å². The molecule has 0 saturated heterocycles. The van der Waals surface area contributed by atoms with E-state index >= 15 is 0 Å². The lowest BCUT2D eigenvalue weighted by Gasteiger charge is -2.33. The number of hydrogen-bond donors (Lipinski definition) is 1. The van der Waals surface area contributed by atoms with Crippen LogP contribution in [-0.4, -0.2) is 32.5 Å². The minimum absolute atomic E-state index is 0.741. The first-order valence-electron chi connectivity index (χ1n) is 5.24. The maximum Gasteiger partial charge on any atom is 0.310 e. The molecule has 0 aromatic rings. The van der Waals surface area contributed by atoms with Crippen LogP contribution in [0.5, 0.6) is 0 Å². The average Bonchev–Trinajstić information content (AvgIpc) is 1.78. The highest BCUT2D eigenvalue weighted by molar-refractivity contribution is 6.84. The maximum absolute atomic E-state index is 6.09. The molecule has 0 aromatic carbocycles. The van der Waals surface area contributed by atoms with Gasteiger partial charge in [-0.2, -0.15) is 0 Å². The van der Waals surface area contributed by atoms with Gasteiger partial charge in [-0.25, -0.2) is 0 Å². The van der Waals surface area contributed by atoms with Crippen molar-refractivity contribution in [3.05, 3.63) is 0 Å². The zero-order chi connectivity index (χ0) is 11.4. The summed E-state index contributed by atoms with van der Waals surface area (Å²) in [5, 5.41) is 0. The van der Waals surface area contributed by atoms with Crippen molar-refractivity contribution in [1.29, 1.82) is 0 Å². The van der Waals surface area contributed by atoms with E-state index in [4.69, 9.17) is 14.0 Å². The van der Waals surface area contributed by atoms with Gasteiger partial charge in [-0.15, -0.1) is 0 Å². The van der Waals surface area contributed by atoms with Crippen LogP contribution in [0, 0.1) is 0 Å². The third kappa shape index (κ3) is 7.89. The Morgan fingerprint density at radius 1 is 1.14 bits per heavy atom. The second-order valence-corrected chi connectivity index (χ2v) is 16.1. The Morgan fingerprint density at radius 2 is 1.64 bits per heavy atom. The first-order valence-corrected chi connectivity index (χ1v) is 13.9. The van der Waals surface area contributed by atoms with Crippen molar-refractivity contribution in [3.8, 4) is 0 Å². The van der Waals surface area contributed by atoms with Crippen LogP contribution in [0.1, 0.15) is 0 Å². The Morgan fingerprint density at radius 3 is 2.00 bits per heavy atom. The molecule has 1 unspecified atom stereocenters. The summed E-state index contributed by atoms with van der Waals surface area (Å²) in [6.07, 6.45) is 0. The van der Waals surface area contributed by atoms with E-state index < -0.39 is 25.9 Å². The number of hydrogen-bond acceptors (Lipinski definition) is 3. The fourth-order valence-corrected chi connectivity index (χ4v) is 12.9. The zero-order valence-electron chi connectivity index (χ0n) is 10.4. The summed E-state index contributed by atoms with van der Waals surface area (Å²) in [5.74, 6) is 0. The average molecular weight is 252 g/mol. The van der Waals surface area contributed by atoms with Crippen molar-refractivity contribution in [2.24, 2.45) is 5.73 Å². The number of nitrogens with two attached hydrogens (primary N) is 1. The highest BCUT2D eigenvalue weighted by atomic mass is 28.5. The lowest BCUT2D eigenvalue weighted by Crippen LogP contribution is -2.47. The first kappa shape index (κ1) is 14.5. The van der Waals surface area contributed by atoms with Gasteiger partial charge in [0.1, 0.15) is 0 Å². The monoisotopic (exact) mass is 251 g/mol. The molecule has 0 spiro atoms. The molecule has 0 aliphatic rings. The Labute approximate surface area is 92.1 Å². The summed E-state index contributed by atoms with van der Waals surface area (Å²) >= 11 is 0. The van der Waals surface area contributed by atoms with Crippen LogP contribution in [0.25, 0.3) is 0 Å². The summed E-state index contributed by atoms with van der Waals surface area (Å²) in [5.41, 5.74) is 5.51. The van der Waals surface area contributed by atoms with Gasteiger partial charge in [0.05, 0.1) is 0 Å². The highest BCUT2D eigenvalue weighted by Crippen LogP contribution is 2.16. The van der Waals surface area contributed by atoms with Gasteiger partial charge >= 0.3 is 8.56 Å². The summed E-state index contributed by atoms with van der Waals surface area (Å²) in [7, 11) is -4.41. The summed E-state index contributed by atoms with van der Waals surface area (Å²) in [6, 6.07) is 1.05. The van der Waals surface area contributed by atoms with Crippen LogP contribution < -0.4 is 5.73 Å². The molecule has 1 atom stereocenters. The third-order valence-corrected chi connectivity index (χ3v) is 11.1. The molecule has 0 fully saturated rings. The van der Waals surface area contributed by atoms with Crippen molar-refractivity contribution in [2.45, 2.75) is 45.3 Å². The van der Waals surface area contributed by atoms with E-state index in [1.807, 2.05) is 0 Å². The van der Waals surface area contributed by atoms with Crippen LogP contribution in [0.15, 0.2) is 0 Å². The first-order chi connectivity index (χ1) is 6.16. The predicted octanol–water partition coefficient (Wildman–Crippen LogP) is 1.87. The molecule has 0 radical (unpaired) electrons. The lowest BCUT2D eigenvalue weighted by molar-refractivity contribution is 0.402. The topological polar surface area (TPSA) is 44.5 Å². The Balaban J connectivity index is 4.06. The van der Waals surface area contributed by atoms with Gasteiger partial charge in [-0.05, 0) is 51.9 Å². The quantitative estimate of drug-likeness (QED) is 0.733. The van der Waals surface area contributed by atoms with Crippen LogP contribution in [0.2, 0.25) is 45.3 Å². The largest absolute Gasteiger partial charge is 0.439 e. The molecule has 0 aliphatic heterocycles. The summed E-state index contributed by atoms with van der Waals surface area (Å²) in [4.78, 5) is 0. The standard InChI is InChI=1S/C8H25NO2Si3/c1-12(8-7-9)10-14(5,6)11-13(2,3)4/h12H,7-9H2,1-6H3. The van der Waals surface area contributed by atoms with E-state index in [0.717, 1.165) is 12.6 Å². The second-order valence-electron chi connectivity index (χ2n) is 5.12. The molecule has 0 amide bonds. The molecule has 0 bridgehead atoms. The van der Waals surface area contributed by atoms with E-state index in [9.17, 15) is 0 Å². The number of rotatable bonds is 6. The van der Waals surface area contributed by atoms with Crippen LogP contribution in [0.4, 0.5) is 0 Å². The Hall–Kier alpha value is 0.531. The molecule has 0 rings (SSSR count). The van der Waals surface area contributed by atoms with Crippen molar-refractivity contribution in [1.82, 2.24) is 0 Å². The van der Waals surface area contributed by atoms with Gasteiger partial charge in [0.25, 0.3) is 0 Å². The van der Waals surface area contributed by atoms with E-state index in [1.165, 1.54) is 0 Å². The fourth-order valence-electron chi connectivity index (χ4n) is 1.54. The Bertz CT molecular complexity index is 170. The molecule has 14 heavy (non-hydrogen) atoms. The zero-order valence-corrected chi connectivity index (χ0v) is 13.5. The molecular formula is C8H25NO2Si3. The van der Waals surface area contributed by atoms with Crippen LogP contribution in [0.3, 0.4) is 0 Å². The second kappa shape index (κ2) is 5.57. The summed E-state index contributed by atoms with van der Waals surface area (Å²) < 4.78 is 12.2. The van der Waals surface area contributed by atoms with Gasteiger partial charge in [-0.3, -0.25) is 0 Å². The summed E-state index contributed by atoms with van der Waals surface area (Å²) in [6.45, 7) is 13.9. The van der Waals surface area contributed by atoms with Crippen molar-refractivity contribution in [3.63, 3.8) is 0 Å². The SMILES string of the molecule is C[SiH](CCN)O[Si](C)(C)O[Si](C)(C)C. The van der Waals surface area contributed by atoms with E-state index in [1.54, 1.807) is 0 Å². The van der Waals surface area contributed by atoms with E-state index in [0.29, 0.717) is 0 Å². The molecule has 0 aliphatic carbocycles. The maximum atomic E-state index is 6.09. The molecule has 6 heteroatoms. The minimum Gasteiger partial charge on any atom is -0.439 e. The third-order valence-electron chi connectivity index (χ3n) is 1.61. The fraction of sp³-hybridized carbons (Fsp3) is 1.00.